The van der Waals surface area contributed by atoms with Gasteiger partial charge in [0.1, 0.15) is 0 Å². The average Bonchev–Trinajstić information content (AvgIpc) is 2.86. The number of nitrogens with two attached hydrogens (primary N) is 1. The van der Waals surface area contributed by atoms with E-state index in [0.29, 0.717) is 5.69 Å². The second kappa shape index (κ2) is 4.49. The molecule has 0 atom stereocenters. The van der Waals surface area contributed by atoms with E-state index in [-0.39, 0.29) is 6.42 Å². The lowest BCUT2D eigenvalue weighted by Gasteiger charge is -2.02. The lowest BCUT2D eigenvalue weighted by molar-refractivity contribution is -0.117. The van der Waals surface area contributed by atoms with Crippen LogP contribution in [0.25, 0.3) is 16.7 Å². The van der Waals surface area contributed by atoms with E-state index in [1.165, 1.54) is 0 Å². The zero-order valence-electron chi connectivity index (χ0n) is 10.0. The molecule has 1 amide bonds. The van der Waals surface area contributed by atoms with E-state index in [9.17, 15) is 4.79 Å². The quantitative estimate of drug-likeness (QED) is 0.749. The lowest BCUT2D eigenvalue weighted by atomic mass is 10.2. The first-order valence-corrected chi connectivity index (χ1v) is 5.76. The van der Waals surface area contributed by atoms with E-state index < -0.39 is 5.91 Å². The molecule has 2 N–H and O–H groups in total. The number of amides is 1. The van der Waals surface area contributed by atoms with E-state index >= 15 is 0 Å². The number of carbonyl (C=O) groups is 1. The van der Waals surface area contributed by atoms with Crippen LogP contribution < -0.4 is 5.73 Å². The minimum atomic E-state index is -0.394. The Hall–Kier alpha value is -2.76. The molecule has 2 aromatic heterocycles. The molecule has 94 valence electrons. The predicted octanol–water partition coefficient (Wildman–Crippen LogP) is 0.843. The van der Waals surface area contributed by atoms with Crippen LogP contribution in [0.3, 0.4) is 0 Å². The summed E-state index contributed by atoms with van der Waals surface area (Å²) in [4.78, 5) is 19.3. The highest BCUT2D eigenvalue weighted by atomic mass is 16.1. The van der Waals surface area contributed by atoms with Crippen molar-refractivity contribution in [2.75, 3.05) is 0 Å². The van der Waals surface area contributed by atoms with Gasteiger partial charge in [0.25, 0.3) is 0 Å². The average molecular weight is 253 g/mol. The molecule has 0 bridgehead atoms. The van der Waals surface area contributed by atoms with Gasteiger partial charge in [0, 0.05) is 18.6 Å². The van der Waals surface area contributed by atoms with Crippen molar-refractivity contribution in [3.05, 3.63) is 48.5 Å². The van der Waals surface area contributed by atoms with E-state index in [4.69, 9.17) is 5.73 Å². The SMILES string of the molecule is NC(=O)Cc1ccn(-c2ccc3nccnc3c2)n1. The Labute approximate surface area is 108 Å². The summed E-state index contributed by atoms with van der Waals surface area (Å²) in [6.45, 7) is 0. The third-order valence-corrected chi connectivity index (χ3v) is 2.72. The van der Waals surface area contributed by atoms with Crippen LogP contribution in [0, 0.1) is 0 Å². The highest BCUT2D eigenvalue weighted by molar-refractivity contribution is 5.77. The molecule has 0 aliphatic heterocycles. The van der Waals surface area contributed by atoms with Crippen LogP contribution in [0.4, 0.5) is 0 Å². The van der Waals surface area contributed by atoms with Gasteiger partial charge < -0.3 is 5.73 Å². The van der Waals surface area contributed by atoms with Gasteiger partial charge in [0.15, 0.2) is 0 Å². The molecule has 0 radical (unpaired) electrons. The summed E-state index contributed by atoms with van der Waals surface area (Å²) in [6, 6.07) is 7.44. The molecule has 0 fully saturated rings. The van der Waals surface area contributed by atoms with Gasteiger partial charge in [-0.25, -0.2) is 4.68 Å². The minimum Gasteiger partial charge on any atom is -0.369 e. The Morgan fingerprint density at radius 1 is 1.16 bits per heavy atom. The number of rotatable bonds is 3. The van der Waals surface area contributed by atoms with E-state index in [0.717, 1.165) is 16.7 Å². The van der Waals surface area contributed by atoms with Crippen molar-refractivity contribution in [1.29, 1.82) is 0 Å². The summed E-state index contributed by atoms with van der Waals surface area (Å²) in [5.41, 5.74) is 8.28. The molecule has 0 saturated carbocycles. The second-order valence-electron chi connectivity index (χ2n) is 4.12. The zero-order valence-corrected chi connectivity index (χ0v) is 10.0. The molecule has 0 aliphatic carbocycles. The molecular formula is C13H11N5O. The largest absolute Gasteiger partial charge is 0.369 e. The first kappa shape index (κ1) is 11.3. The van der Waals surface area contributed by atoms with E-state index in [2.05, 4.69) is 15.1 Å². The molecule has 0 aliphatic rings. The van der Waals surface area contributed by atoms with Gasteiger partial charge in [0.05, 0.1) is 28.8 Å². The Morgan fingerprint density at radius 3 is 2.74 bits per heavy atom. The normalized spacial score (nSPS) is 10.7. The number of nitrogens with zero attached hydrogens (tertiary/aromatic N) is 4. The number of fused-ring (bicyclic) bond motifs is 1. The molecule has 1 aromatic carbocycles. The van der Waals surface area contributed by atoms with Crippen molar-refractivity contribution in [3.63, 3.8) is 0 Å². The van der Waals surface area contributed by atoms with Crippen LogP contribution in [-0.2, 0) is 11.2 Å². The topological polar surface area (TPSA) is 86.7 Å². The number of primary amides is 1. The van der Waals surface area contributed by atoms with Crippen LogP contribution in [0.1, 0.15) is 5.69 Å². The summed E-state index contributed by atoms with van der Waals surface area (Å²) >= 11 is 0. The van der Waals surface area contributed by atoms with Gasteiger partial charge in [-0.05, 0) is 24.3 Å². The number of benzene rings is 1. The standard InChI is InChI=1S/C13H11N5O/c14-13(19)7-9-3-6-18(17-9)10-1-2-11-12(8-10)16-5-4-15-11/h1-6,8H,7H2,(H2,14,19). The Balaban J connectivity index is 1.99. The highest BCUT2D eigenvalue weighted by Gasteiger charge is 2.05. The third kappa shape index (κ3) is 2.28. The molecule has 2 heterocycles. The first-order chi connectivity index (χ1) is 9.22. The summed E-state index contributed by atoms with van der Waals surface area (Å²) in [5, 5.41) is 4.30. The summed E-state index contributed by atoms with van der Waals surface area (Å²) in [5.74, 6) is -0.394. The molecule has 3 rings (SSSR count). The van der Waals surface area contributed by atoms with Crippen LogP contribution in [0.5, 0.6) is 0 Å². The molecule has 6 nitrogen and oxygen atoms in total. The molecule has 6 heteroatoms. The van der Waals surface area contributed by atoms with Crippen molar-refractivity contribution in [1.82, 2.24) is 19.7 Å². The maximum absolute atomic E-state index is 10.8. The molecule has 0 unspecified atom stereocenters. The molecule has 3 aromatic rings. The highest BCUT2D eigenvalue weighted by Crippen LogP contribution is 2.14. The smallest absolute Gasteiger partial charge is 0.223 e. The van der Waals surface area contributed by atoms with Gasteiger partial charge in [-0.3, -0.25) is 14.8 Å². The second-order valence-corrected chi connectivity index (χ2v) is 4.12. The van der Waals surface area contributed by atoms with Crippen LogP contribution in [-0.4, -0.2) is 25.7 Å². The van der Waals surface area contributed by atoms with Gasteiger partial charge in [-0.2, -0.15) is 5.10 Å². The van der Waals surface area contributed by atoms with E-state index in [1.807, 2.05) is 18.2 Å². The molecule has 19 heavy (non-hydrogen) atoms. The fourth-order valence-corrected chi connectivity index (χ4v) is 1.87. The van der Waals surface area contributed by atoms with Gasteiger partial charge in [0.2, 0.25) is 5.91 Å². The monoisotopic (exact) mass is 253 g/mol. The van der Waals surface area contributed by atoms with Crippen molar-refractivity contribution in [2.45, 2.75) is 6.42 Å². The summed E-state index contributed by atoms with van der Waals surface area (Å²) < 4.78 is 1.69. The van der Waals surface area contributed by atoms with Crippen LogP contribution in [0.2, 0.25) is 0 Å². The van der Waals surface area contributed by atoms with Gasteiger partial charge in [-0.1, -0.05) is 0 Å². The van der Waals surface area contributed by atoms with Crippen LogP contribution >= 0.6 is 0 Å². The molecular weight excluding hydrogens is 242 g/mol. The Kier molecular flexibility index (Phi) is 2.68. The Morgan fingerprint density at radius 2 is 1.95 bits per heavy atom. The van der Waals surface area contributed by atoms with Gasteiger partial charge in [-0.15, -0.1) is 0 Å². The maximum atomic E-state index is 10.8. The third-order valence-electron chi connectivity index (χ3n) is 2.72. The predicted molar refractivity (Wildman–Crippen MR) is 69.6 cm³/mol. The number of carbonyl (C=O) groups excluding carboxylic acids is 1. The fourth-order valence-electron chi connectivity index (χ4n) is 1.87. The van der Waals surface area contributed by atoms with Crippen molar-refractivity contribution in [3.8, 4) is 5.69 Å². The maximum Gasteiger partial charge on any atom is 0.223 e. The molecule has 0 spiro atoms. The van der Waals surface area contributed by atoms with E-state index in [1.54, 1.807) is 29.3 Å². The lowest BCUT2D eigenvalue weighted by Crippen LogP contribution is -2.14. The number of hydrogen-bond donors (Lipinski definition) is 1. The number of hydrogen-bond acceptors (Lipinski definition) is 4. The zero-order chi connectivity index (χ0) is 13.2. The minimum absolute atomic E-state index is 0.139. The van der Waals surface area contributed by atoms with Crippen molar-refractivity contribution < 1.29 is 4.79 Å². The van der Waals surface area contributed by atoms with Gasteiger partial charge >= 0.3 is 0 Å². The molecule has 0 saturated heterocycles. The fraction of sp³-hybridized carbons (Fsp3) is 0.0769. The summed E-state index contributed by atoms with van der Waals surface area (Å²) in [6.07, 6.45) is 5.23. The van der Waals surface area contributed by atoms with Crippen molar-refractivity contribution >= 4 is 16.9 Å². The Bertz CT molecular complexity index is 749. The van der Waals surface area contributed by atoms with Crippen molar-refractivity contribution in [2.24, 2.45) is 5.73 Å². The number of aromatic nitrogens is 4. The summed E-state index contributed by atoms with van der Waals surface area (Å²) in [7, 11) is 0. The first-order valence-electron chi connectivity index (χ1n) is 5.76. The van der Waals surface area contributed by atoms with Crippen LogP contribution in [0.15, 0.2) is 42.9 Å².